The van der Waals surface area contributed by atoms with Crippen LogP contribution in [0.1, 0.15) is 10.4 Å². The van der Waals surface area contributed by atoms with E-state index in [-0.39, 0.29) is 21.8 Å². The molecule has 0 radical (unpaired) electrons. The molecular formula is C17H14N4O7S2. The van der Waals surface area contributed by atoms with Crippen LogP contribution in [0.5, 0.6) is 0 Å². The number of nitro benzene ring substituents is 1. The largest absolute Gasteiger partial charge is 0.468 e. The number of ether oxygens (including phenoxy) is 1. The lowest BCUT2D eigenvalue weighted by molar-refractivity contribution is -0.385. The van der Waals surface area contributed by atoms with Crippen LogP contribution >= 0.6 is 11.3 Å². The number of carbonyl (C=O) groups excluding carboxylic acids is 2. The zero-order chi connectivity index (χ0) is 22.1. The van der Waals surface area contributed by atoms with E-state index in [4.69, 9.17) is 5.14 Å². The molecule has 0 saturated carbocycles. The van der Waals surface area contributed by atoms with Crippen molar-refractivity contribution in [1.82, 2.24) is 4.57 Å². The molecule has 0 bridgehead atoms. The molecule has 156 valence electrons. The fraction of sp³-hybridized carbons (Fsp3) is 0.118. The van der Waals surface area contributed by atoms with Gasteiger partial charge in [-0.3, -0.25) is 19.7 Å². The van der Waals surface area contributed by atoms with E-state index in [0.29, 0.717) is 10.2 Å². The van der Waals surface area contributed by atoms with Gasteiger partial charge in [0, 0.05) is 6.07 Å². The minimum absolute atomic E-state index is 0.0325. The van der Waals surface area contributed by atoms with Gasteiger partial charge in [0.15, 0.2) is 4.80 Å². The second kappa shape index (κ2) is 8.14. The van der Waals surface area contributed by atoms with E-state index in [1.807, 2.05) is 0 Å². The molecular weight excluding hydrogens is 436 g/mol. The molecule has 0 unspecified atom stereocenters. The lowest BCUT2D eigenvalue weighted by atomic mass is 10.2. The van der Waals surface area contributed by atoms with E-state index in [1.54, 1.807) is 0 Å². The number of benzene rings is 2. The topological polar surface area (TPSA) is 164 Å². The van der Waals surface area contributed by atoms with Crippen molar-refractivity contribution in [3.05, 3.63) is 62.9 Å². The Labute approximate surface area is 173 Å². The SMILES string of the molecule is COC(=O)Cn1c(=NC(=O)c2ccccc2[N+](=O)[O-])sc2cc(S(N)(=O)=O)ccc21. The van der Waals surface area contributed by atoms with Gasteiger partial charge < -0.3 is 9.30 Å². The molecule has 0 atom stereocenters. The molecule has 30 heavy (non-hydrogen) atoms. The summed E-state index contributed by atoms with van der Waals surface area (Å²) in [5.74, 6) is -1.52. The van der Waals surface area contributed by atoms with Gasteiger partial charge in [-0.1, -0.05) is 23.5 Å². The summed E-state index contributed by atoms with van der Waals surface area (Å²) in [6.07, 6.45) is 0. The van der Waals surface area contributed by atoms with Crippen LogP contribution in [-0.4, -0.2) is 36.9 Å². The van der Waals surface area contributed by atoms with E-state index in [2.05, 4.69) is 9.73 Å². The third-order valence-corrected chi connectivity index (χ3v) is 5.98. The normalized spacial score (nSPS) is 12.1. The number of nitro groups is 1. The highest BCUT2D eigenvalue weighted by molar-refractivity contribution is 7.89. The molecule has 1 heterocycles. The van der Waals surface area contributed by atoms with Crippen LogP contribution in [0.2, 0.25) is 0 Å². The van der Waals surface area contributed by atoms with Crippen molar-refractivity contribution in [2.45, 2.75) is 11.4 Å². The van der Waals surface area contributed by atoms with Gasteiger partial charge in [0.2, 0.25) is 10.0 Å². The number of sulfonamides is 1. The van der Waals surface area contributed by atoms with Crippen molar-refractivity contribution >= 4 is 49.1 Å². The van der Waals surface area contributed by atoms with Gasteiger partial charge >= 0.3 is 5.97 Å². The van der Waals surface area contributed by atoms with Gasteiger partial charge in [-0.25, -0.2) is 13.6 Å². The van der Waals surface area contributed by atoms with Crippen molar-refractivity contribution in [2.75, 3.05) is 7.11 Å². The van der Waals surface area contributed by atoms with Gasteiger partial charge in [0.25, 0.3) is 11.6 Å². The van der Waals surface area contributed by atoms with Crippen LogP contribution in [0.25, 0.3) is 10.2 Å². The number of methoxy groups -OCH3 is 1. The summed E-state index contributed by atoms with van der Waals surface area (Å²) in [7, 11) is -2.79. The number of nitrogens with zero attached hydrogens (tertiary/aromatic N) is 3. The predicted molar refractivity (Wildman–Crippen MR) is 106 cm³/mol. The lowest BCUT2D eigenvalue weighted by Crippen LogP contribution is -2.22. The number of rotatable bonds is 5. The maximum atomic E-state index is 12.6. The van der Waals surface area contributed by atoms with Gasteiger partial charge in [-0.15, -0.1) is 0 Å². The van der Waals surface area contributed by atoms with Crippen molar-refractivity contribution in [1.29, 1.82) is 0 Å². The molecule has 0 spiro atoms. The molecule has 3 aromatic rings. The summed E-state index contributed by atoms with van der Waals surface area (Å²) in [6.45, 7) is -0.311. The molecule has 0 aliphatic rings. The Balaban J connectivity index is 2.23. The Morgan fingerprint density at radius 3 is 2.60 bits per heavy atom. The lowest BCUT2D eigenvalue weighted by Gasteiger charge is -2.04. The number of para-hydroxylation sites is 1. The first-order valence-electron chi connectivity index (χ1n) is 8.17. The number of carbonyl (C=O) groups is 2. The van der Waals surface area contributed by atoms with Gasteiger partial charge in [-0.05, 0) is 24.3 Å². The average molecular weight is 450 g/mol. The van der Waals surface area contributed by atoms with Crippen molar-refractivity contribution in [3.8, 4) is 0 Å². The summed E-state index contributed by atoms with van der Waals surface area (Å²) in [5.41, 5.74) is -0.231. The van der Waals surface area contributed by atoms with Gasteiger partial charge in [0.1, 0.15) is 12.1 Å². The maximum Gasteiger partial charge on any atom is 0.325 e. The molecule has 0 aliphatic carbocycles. The highest BCUT2D eigenvalue weighted by Crippen LogP contribution is 2.22. The number of fused-ring (bicyclic) bond motifs is 1. The summed E-state index contributed by atoms with van der Waals surface area (Å²) >= 11 is 0.922. The van der Waals surface area contributed by atoms with E-state index >= 15 is 0 Å². The highest BCUT2D eigenvalue weighted by atomic mass is 32.2. The van der Waals surface area contributed by atoms with Crippen LogP contribution < -0.4 is 9.94 Å². The second-order valence-electron chi connectivity index (χ2n) is 5.91. The Bertz CT molecular complexity index is 1360. The number of esters is 1. The Morgan fingerprint density at radius 1 is 1.27 bits per heavy atom. The molecule has 3 rings (SSSR count). The van der Waals surface area contributed by atoms with Crippen molar-refractivity contribution in [3.63, 3.8) is 0 Å². The first-order valence-corrected chi connectivity index (χ1v) is 10.5. The molecule has 0 fully saturated rings. The standard InChI is InChI=1S/C17H14N4O7S2/c1-28-15(22)9-20-13-7-6-10(30(18,26)27)8-14(13)29-17(20)19-16(23)11-4-2-3-5-12(11)21(24)25/h2-8H,9H2,1H3,(H2,18,26,27). The Morgan fingerprint density at radius 2 is 1.97 bits per heavy atom. The molecule has 0 saturated heterocycles. The van der Waals surface area contributed by atoms with Crippen LogP contribution in [0.4, 0.5) is 5.69 Å². The van der Waals surface area contributed by atoms with Crippen LogP contribution in [0.3, 0.4) is 0 Å². The van der Waals surface area contributed by atoms with Crippen molar-refractivity contribution < 1.29 is 27.7 Å². The Kier molecular flexibility index (Phi) is 5.78. The first kappa shape index (κ1) is 21.3. The fourth-order valence-electron chi connectivity index (χ4n) is 2.62. The molecule has 1 aromatic heterocycles. The third-order valence-electron chi connectivity index (χ3n) is 4.03. The van der Waals surface area contributed by atoms with Crippen LogP contribution in [0.15, 0.2) is 52.4 Å². The smallest absolute Gasteiger partial charge is 0.325 e. The highest BCUT2D eigenvalue weighted by Gasteiger charge is 2.20. The zero-order valence-electron chi connectivity index (χ0n) is 15.3. The number of aromatic nitrogens is 1. The summed E-state index contributed by atoms with van der Waals surface area (Å²) < 4.78 is 29.6. The zero-order valence-corrected chi connectivity index (χ0v) is 17.0. The molecule has 2 N–H and O–H groups in total. The number of thiazole rings is 1. The van der Waals surface area contributed by atoms with E-state index in [0.717, 1.165) is 11.3 Å². The van der Waals surface area contributed by atoms with Gasteiger partial charge in [0.05, 0.1) is 27.1 Å². The second-order valence-corrected chi connectivity index (χ2v) is 8.48. The number of primary sulfonamides is 1. The third kappa shape index (κ3) is 4.27. The monoisotopic (exact) mass is 450 g/mol. The van der Waals surface area contributed by atoms with E-state index in [1.165, 1.54) is 54.1 Å². The van der Waals surface area contributed by atoms with Crippen LogP contribution in [0, 0.1) is 10.1 Å². The summed E-state index contributed by atoms with van der Waals surface area (Å²) in [6, 6.07) is 9.28. The van der Waals surface area contributed by atoms with E-state index < -0.39 is 32.5 Å². The number of hydrogen-bond donors (Lipinski definition) is 1. The molecule has 2 aromatic carbocycles. The maximum absolute atomic E-state index is 12.6. The van der Waals surface area contributed by atoms with Gasteiger partial charge in [-0.2, -0.15) is 4.99 Å². The molecule has 0 aliphatic heterocycles. The summed E-state index contributed by atoms with van der Waals surface area (Å²) in [5, 5.41) is 16.3. The van der Waals surface area contributed by atoms with Crippen LogP contribution in [-0.2, 0) is 26.1 Å². The number of hydrogen-bond acceptors (Lipinski definition) is 8. The summed E-state index contributed by atoms with van der Waals surface area (Å²) in [4.78, 5) is 38.8. The number of nitrogens with two attached hydrogens (primary N) is 1. The quantitative estimate of drug-likeness (QED) is 0.346. The molecule has 1 amide bonds. The molecule has 13 heteroatoms. The van der Waals surface area contributed by atoms with Crippen molar-refractivity contribution in [2.24, 2.45) is 10.1 Å². The Hall–Kier alpha value is -3.42. The predicted octanol–water partition coefficient (Wildman–Crippen LogP) is 1.17. The van der Waals surface area contributed by atoms with E-state index in [9.17, 15) is 28.1 Å². The minimum Gasteiger partial charge on any atom is -0.468 e. The first-order chi connectivity index (χ1) is 14.1. The fourth-order valence-corrected chi connectivity index (χ4v) is 4.30. The number of amides is 1. The molecule has 11 nitrogen and oxygen atoms in total. The average Bonchev–Trinajstić information content (AvgIpc) is 3.03. The minimum atomic E-state index is -3.97.